The van der Waals surface area contributed by atoms with Gasteiger partial charge in [-0.1, -0.05) is 12.1 Å². The van der Waals surface area contributed by atoms with Crippen molar-refractivity contribution in [2.45, 2.75) is 39.3 Å². The summed E-state index contributed by atoms with van der Waals surface area (Å²) in [6.45, 7) is 13.0. The van der Waals surface area contributed by atoms with E-state index in [1.165, 1.54) is 0 Å². The number of urea groups is 1. The second-order valence-electron chi connectivity index (χ2n) is 11.0. The van der Waals surface area contributed by atoms with E-state index in [0.717, 1.165) is 45.4 Å². The minimum Gasteiger partial charge on any atom is -0.497 e. The first-order chi connectivity index (χ1) is 19.7. The van der Waals surface area contributed by atoms with Crippen LogP contribution in [0.4, 0.5) is 20.4 Å². The SMILES string of the molecule is CCOC(=O)N1CCN(c2cc3ncnc(N4CCN(C(=O)N[C@@H](C)c5cccc(OC)c5)C(C)(C)C4)c3s2)CC1. The summed E-state index contributed by atoms with van der Waals surface area (Å²) in [6, 6.07) is 9.64. The van der Waals surface area contributed by atoms with Crippen LogP contribution in [0.2, 0.25) is 0 Å². The maximum absolute atomic E-state index is 13.4. The molecule has 12 heteroatoms. The molecule has 3 amide bonds. The average Bonchev–Trinajstić information content (AvgIpc) is 3.41. The normalized spacial score (nSPS) is 17.9. The molecule has 0 spiro atoms. The molecule has 0 saturated carbocycles. The Bertz CT molecular complexity index is 1390. The third-order valence-electron chi connectivity index (χ3n) is 7.78. The van der Waals surface area contributed by atoms with E-state index in [0.29, 0.717) is 39.3 Å². The number of piperazine rings is 2. The number of methoxy groups -OCH3 is 1. The second-order valence-corrected chi connectivity index (χ2v) is 12.0. The molecular weight excluding hydrogens is 542 g/mol. The Kier molecular flexibility index (Phi) is 8.39. The number of benzene rings is 1. The third kappa shape index (κ3) is 6.12. The van der Waals surface area contributed by atoms with E-state index in [1.807, 2.05) is 43.0 Å². The summed E-state index contributed by atoms with van der Waals surface area (Å²) in [6.07, 6.45) is 1.37. The van der Waals surface area contributed by atoms with E-state index in [1.54, 1.807) is 29.7 Å². The van der Waals surface area contributed by atoms with Gasteiger partial charge in [-0.3, -0.25) is 0 Å². The third-order valence-corrected chi connectivity index (χ3v) is 8.96. The predicted molar refractivity (Wildman–Crippen MR) is 161 cm³/mol. The van der Waals surface area contributed by atoms with Crippen molar-refractivity contribution in [1.82, 2.24) is 25.1 Å². The molecule has 0 bridgehead atoms. The summed E-state index contributed by atoms with van der Waals surface area (Å²) in [5, 5.41) is 4.28. The Morgan fingerprint density at radius 2 is 1.83 bits per heavy atom. The molecule has 2 saturated heterocycles. The van der Waals surface area contributed by atoms with Gasteiger partial charge in [0.1, 0.15) is 17.9 Å². The summed E-state index contributed by atoms with van der Waals surface area (Å²) in [5.41, 5.74) is 1.48. The van der Waals surface area contributed by atoms with Crippen LogP contribution in [-0.4, -0.2) is 97.0 Å². The quantitative estimate of drug-likeness (QED) is 0.459. The molecule has 4 heterocycles. The van der Waals surface area contributed by atoms with Crippen LogP contribution in [0.1, 0.15) is 39.3 Å². The summed E-state index contributed by atoms with van der Waals surface area (Å²) < 4.78 is 11.5. The van der Waals surface area contributed by atoms with Crippen LogP contribution in [0.5, 0.6) is 5.75 Å². The smallest absolute Gasteiger partial charge is 0.409 e. The number of nitrogens with zero attached hydrogens (tertiary/aromatic N) is 6. The number of nitrogens with one attached hydrogen (secondary N) is 1. The van der Waals surface area contributed by atoms with Crippen molar-refractivity contribution in [3.05, 3.63) is 42.2 Å². The summed E-state index contributed by atoms with van der Waals surface area (Å²) in [5.74, 6) is 1.67. The number of aromatic nitrogens is 2. The van der Waals surface area contributed by atoms with Gasteiger partial charge in [0.2, 0.25) is 0 Å². The largest absolute Gasteiger partial charge is 0.497 e. The van der Waals surface area contributed by atoms with Gasteiger partial charge in [-0.15, -0.1) is 11.3 Å². The number of carbonyl (C=O) groups is 2. The van der Waals surface area contributed by atoms with E-state index in [4.69, 9.17) is 14.5 Å². The zero-order chi connectivity index (χ0) is 29.1. The molecule has 0 radical (unpaired) electrons. The molecule has 220 valence electrons. The van der Waals surface area contributed by atoms with Gasteiger partial charge in [-0.2, -0.15) is 0 Å². The molecule has 5 rings (SSSR count). The highest BCUT2D eigenvalue weighted by atomic mass is 32.1. The van der Waals surface area contributed by atoms with Crippen LogP contribution in [0.15, 0.2) is 36.7 Å². The molecule has 11 nitrogen and oxygen atoms in total. The van der Waals surface area contributed by atoms with Crippen LogP contribution < -0.4 is 19.9 Å². The Morgan fingerprint density at radius 1 is 1.07 bits per heavy atom. The Morgan fingerprint density at radius 3 is 2.54 bits per heavy atom. The maximum atomic E-state index is 13.4. The zero-order valence-electron chi connectivity index (χ0n) is 24.4. The van der Waals surface area contributed by atoms with Crippen LogP contribution in [0.3, 0.4) is 0 Å². The Balaban J connectivity index is 1.26. The van der Waals surface area contributed by atoms with Gasteiger partial charge in [-0.25, -0.2) is 19.6 Å². The fraction of sp³-hybridized carbons (Fsp3) is 0.517. The van der Waals surface area contributed by atoms with Crippen molar-refractivity contribution < 1.29 is 19.1 Å². The number of fused-ring (bicyclic) bond motifs is 1. The molecule has 41 heavy (non-hydrogen) atoms. The first-order valence-electron chi connectivity index (χ1n) is 14.1. The molecule has 3 aromatic rings. The standard InChI is InChI=1S/C29H39N7O4S/c1-6-40-28(38)34-12-10-33(11-13-34)24-17-23-25(41-24)26(31-19-30-23)35-14-15-36(29(3,4)18-35)27(37)32-20(2)21-8-7-9-22(16-21)39-5/h7-9,16-17,19-20H,6,10-15,18H2,1-5H3,(H,32,37)/t20-/m0/s1. The number of ether oxygens (including phenoxy) is 2. The highest BCUT2D eigenvalue weighted by Gasteiger charge is 2.38. The first-order valence-corrected chi connectivity index (χ1v) is 14.9. The van der Waals surface area contributed by atoms with Gasteiger partial charge < -0.3 is 34.4 Å². The van der Waals surface area contributed by atoms with Gasteiger partial charge in [0, 0.05) is 45.8 Å². The minimum absolute atomic E-state index is 0.0850. The van der Waals surface area contributed by atoms with E-state index < -0.39 is 5.54 Å². The number of hydrogen-bond donors (Lipinski definition) is 1. The van der Waals surface area contributed by atoms with Crippen LogP contribution in [0.25, 0.3) is 10.2 Å². The first kappa shape index (κ1) is 28.7. The molecule has 2 fully saturated rings. The lowest BCUT2D eigenvalue weighted by Gasteiger charge is -2.47. The van der Waals surface area contributed by atoms with Gasteiger partial charge in [-0.05, 0) is 51.5 Å². The van der Waals surface area contributed by atoms with Crippen molar-refractivity contribution in [2.75, 3.05) is 69.3 Å². The Labute approximate surface area is 245 Å². The summed E-state index contributed by atoms with van der Waals surface area (Å²) in [4.78, 5) is 43.0. The van der Waals surface area contributed by atoms with Gasteiger partial charge in [0.15, 0.2) is 0 Å². The molecule has 2 aliphatic rings. The minimum atomic E-state index is -0.419. The Hall–Kier alpha value is -3.80. The van der Waals surface area contributed by atoms with Crippen molar-refractivity contribution in [2.24, 2.45) is 0 Å². The van der Waals surface area contributed by atoms with Crippen molar-refractivity contribution in [1.29, 1.82) is 0 Å². The zero-order valence-corrected chi connectivity index (χ0v) is 25.2. The molecule has 1 atom stereocenters. The number of anilines is 2. The fourth-order valence-electron chi connectivity index (χ4n) is 5.50. The van der Waals surface area contributed by atoms with Crippen molar-refractivity contribution in [3.63, 3.8) is 0 Å². The molecule has 2 aliphatic heterocycles. The molecule has 2 aromatic heterocycles. The highest BCUT2D eigenvalue weighted by Crippen LogP contribution is 2.38. The number of hydrogen-bond acceptors (Lipinski definition) is 9. The predicted octanol–water partition coefficient (Wildman–Crippen LogP) is 4.35. The summed E-state index contributed by atoms with van der Waals surface area (Å²) >= 11 is 1.68. The monoisotopic (exact) mass is 581 g/mol. The fourth-order valence-corrected chi connectivity index (χ4v) is 6.68. The van der Waals surface area contributed by atoms with E-state index >= 15 is 0 Å². The molecule has 0 unspecified atom stereocenters. The van der Waals surface area contributed by atoms with Gasteiger partial charge >= 0.3 is 12.1 Å². The van der Waals surface area contributed by atoms with Crippen molar-refractivity contribution in [3.8, 4) is 5.75 Å². The molecule has 1 aromatic carbocycles. The van der Waals surface area contributed by atoms with Gasteiger partial charge in [0.05, 0.1) is 40.5 Å². The van der Waals surface area contributed by atoms with Crippen LogP contribution in [0, 0.1) is 0 Å². The van der Waals surface area contributed by atoms with Gasteiger partial charge in [0.25, 0.3) is 0 Å². The number of carbonyl (C=O) groups excluding carboxylic acids is 2. The van der Waals surface area contributed by atoms with E-state index in [9.17, 15) is 9.59 Å². The molecular formula is C29H39N7O4S. The molecule has 1 N–H and O–H groups in total. The second kappa shape index (κ2) is 12.0. The maximum Gasteiger partial charge on any atom is 0.409 e. The lowest BCUT2D eigenvalue weighted by Crippen LogP contribution is -2.63. The molecule has 0 aliphatic carbocycles. The average molecular weight is 582 g/mol. The topological polar surface area (TPSA) is 103 Å². The lowest BCUT2D eigenvalue weighted by molar-refractivity contribution is 0.105. The van der Waals surface area contributed by atoms with E-state index in [2.05, 4.69) is 40.0 Å². The summed E-state index contributed by atoms with van der Waals surface area (Å²) in [7, 11) is 1.64. The van der Waals surface area contributed by atoms with E-state index in [-0.39, 0.29) is 18.2 Å². The van der Waals surface area contributed by atoms with Crippen LogP contribution in [-0.2, 0) is 4.74 Å². The highest BCUT2D eigenvalue weighted by molar-refractivity contribution is 7.23. The van der Waals surface area contributed by atoms with Crippen LogP contribution >= 0.6 is 11.3 Å². The lowest BCUT2D eigenvalue weighted by atomic mass is 9.99. The number of thiophene rings is 1. The number of amides is 3. The van der Waals surface area contributed by atoms with Crippen molar-refractivity contribution >= 4 is 44.5 Å². The number of rotatable bonds is 6.